The lowest BCUT2D eigenvalue weighted by atomic mass is 10.3. The van der Waals surface area contributed by atoms with Crippen LogP contribution in [0.15, 0.2) is 82.8 Å². The normalized spacial score (nSPS) is 15.2. The Balaban J connectivity index is 1.32. The number of sulfonamides is 1. The molecular formula is C24H25N3O4S2. The van der Waals surface area contributed by atoms with Gasteiger partial charge < -0.3 is 10.1 Å². The maximum Gasteiger partial charge on any atom is 0.244 e. The molecule has 1 aliphatic rings. The molecule has 1 aliphatic heterocycles. The minimum atomic E-state index is -3.49. The van der Waals surface area contributed by atoms with Gasteiger partial charge in [0, 0.05) is 25.0 Å². The van der Waals surface area contributed by atoms with Crippen LogP contribution < -0.4 is 10.1 Å². The number of pyridine rings is 1. The first-order valence-electron chi connectivity index (χ1n) is 10.7. The predicted molar refractivity (Wildman–Crippen MR) is 129 cm³/mol. The summed E-state index contributed by atoms with van der Waals surface area (Å²) in [5, 5.41) is 3.05. The van der Waals surface area contributed by atoms with Gasteiger partial charge in [0.05, 0.1) is 10.3 Å². The minimum absolute atomic E-state index is 0.174. The molecule has 1 amide bonds. The van der Waals surface area contributed by atoms with Gasteiger partial charge in [0.25, 0.3) is 0 Å². The summed E-state index contributed by atoms with van der Waals surface area (Å²) in [4.78, 5) is 17.0. The average molecular weight is 484 g/mol. The van der Waals surface area contributed by atoms with E-state index in [2.05, 4.69) is 10.3 Å². The van der Waals surface area contributed by atoms with Crippen LogP contribution in [-0.2, 0) is 14.8 Å². The summed E-state index contributed by atoms with van der Waals surface area (Å²) in [7, 11) is -3.49. The van der Waals surface area contributed by atoms with E-state index in [1.54, 1.807) is 43.3 Å². The smallest absolute Gasteiger partial charge is 0.244 e. The molecule has 2 aromatic carbocycles. The molecule has 7 nitrogen and oxygen atoms in total. The van der Waals surface area contributed by atoms with Gasteiger partial charge >= 0.3 is 0 Å². The maximum atomic E-state index is 12.6. The molecule has 0 bridgehead atoms. The summed E-state index contributed by atoms with van der Waals surface area (Å²) in [5.74, 6) is 1.24. The Morgan fingerprint density at radius 1 is 1.00 bits per heavy atom. The molecule has 9 heteroatoms. The van der Waals surface area contributed by atoms with Crippen molar-refractivity contribution in [3.63, 3.8) is 0 Å². The molecule has 1 fully saturated rings. The van der Waals surface area contributed by atoms with Crippen LogP contribution in [0.5, 0.6) is 11.5 Å². The van der Waals surface area contributed by atoms with Gasteiger partial charge in [0.2, 0.25) is 15.9 Å². The van der Waals surface area contributed by atoms with Gasteiger partial charge in [-0.05, 0) is 68.3 Å². The van der Waals surface area contributed by atoms with E-state index in [0.717, 1.165) is 18.6 Å². The molecule has 172 valence electrons. The van der Waals surface area contributed by atoms with Crippen LogP contribution >= 0.6 is 11.8 Å². The Hall–Kier alpha value is -2.88. The standard InChI is InChI=1S/C24H25N3O4S2/c1-18(32-23-14-13-22(17-25-23)33(29,30)27-15-5-6-16-27)24(28)26-19-9-11-21(12-10-19)31-20-7-3-2-4-8-20/h2-4,7-14,17-18H,5-6,15-16H2,1H3,(H,26,28)/t18-/m1/s1. The van der Waals surface area contributed by atoms with E-state index in [4.69, 9.17) is 4.74 Å². The van der Waals surface area contributed by atoms with Crippen molar-refractivity contribution in [1.82, 2.24) is 9.29 Å². The zero-order valence-corrected chi connectivity index (χ0v) is 19.8. The first-order chi connectivity index (χ1) is 15.9. The van der Waals surface area contributed by atoms with Crippen molar-refractivity contribution in [2.45, 2.75) is 34.9 Å². The molecule has 33 heavy (non-hydrogen) atoms. The van der Waals surface area contributed by atoms with Crippen molar-refractivity contribution >= 4 is 33.4 Å². The van der Waals surface area contributed by atoms with Crippen LogP contribution in [0, 0.1) is 0 Å². The van der Waals surface area contributed by atoms with Crippen LogP contribution in [0.25, 0.3) is 0 Å². The third-order valence-corrected chi connectivity index (χ3v) is 8.11. The van der Waals surface area contributed by atoms with Gasteiger partial charge in [-0.15, -0.1) is 0 Å². The summed E-state index contributed by atoms with van der Waals surface area (Å²) >= 11 is 1.27. The molecule has 1 atom stereocenters. The number of hydrogen-bond donors (Lipinski definition) is 1. The summed E-state index contributed by atoms with van der Waals surface area (Å²) in [6.07, 6.45) is 3.14. The fraction of sp³-hybridized carbons (Fsp3) is 0.250. The summed E-state index contributed by atoms with van der Waals surface area (Å²) in [6.45, 7) is 2.88. The highest BCUT2D eigenvalue weighted by atomic mass is 32.2. The second-order valence-corrected chi connectivity index (χ2v) is 10.9. The first kappa shape index (κ1) is 23.3. The number of rotatable bonds is 8. The first-order valence-corrected chi connectivity index (χ1v) is 13.0. The molecule has 1 N–H and O–H groups in total. The van der Waals surface area contributed by atoms with Gasteiger partial charge in [0.1, 0.15) is 16.4 Å². The fourth-order valence-electron chi connectivity index (χ4n) is 3.38. The van der Waals surface area contributed by atoms with Gasteiger partial charge in [0.15, 0.2) is 0 Å². The lowest BCUT2D eigenvalue weighted by Gasteiger charge is -2.15. The van der Waals surface area contributed by atoms with Crippen molar-refractivity contribution in [2.24, 2.45) is 0 Å². The zero-order chi connectivity index (χ0) is 23.3. The van der Waals surface area contributed by atoms with Gasteiger partial charge in [-0.3, -0.25) is 4.79 Å². The SMILES string of the molecule is C[C@@H](Sc1ccc(S(=O)(=O)N2CCCC2)cn1)C(=O)Nc1ccc(Oc2ccccc2)cc1. The highest BCUT2D eigenvalue weighted by molar-refractivity contribution is 8.00. The zero-order valence-electron chi connectivity index (χ0n) is 18.2. The number of thioether (sulfide) groups is 1. The van der Waals surface area contributed by atoms with Crippen LogP contribution in [-0.4, -0.2) is 42.0 Å². The van der Waals surface area contributed by atoms with Crippen molar-refractivity contribution in [3.05, 3.63) is 72.9 Å². The van der Waals surface area contributed by atoms with E-state index < -0.39 is 15.3 Å². The lowest BCUT2D eigenvalue weighted by Crippen LogP contribution is -2.28. The molecule has 3 aromatic rings. The van der Waals surface area contributed by atoms with E-state index in [1.807, 2.05) is 30.3 Å². The summed E-state index contributed by atoms with van der Waals surface area (Å²) in [5.41, 5.74) is 0.660. The monoisotopic (exact) mass is 483 g/mol. The van der Waals surface area contributed by atoms with E-state index >= 15 is 0 Å². The Bertz CT molecular complexity index is 1180. The largest absolute Gasteiger partial charge is 0.457 e. The van der Waals surface area contributed by atoms with Crippen molar-refractivity contribution < 1.29 is 17.9 Å². The maximum absolute atomic E-state index is 12.6. The second-order valence-electron chi connectivity index (χ2n) is 7.63. The summed E-state index contributed by atoms with van der Waals surface area (Å²) in [6, 6.07) is 19.8. The van der Waals surface area contributed by atoms with Crippen LogP contribution in [0.1, 0.15) is 19.8 Å². The highest BCUT2D eigenvalue weighted by Crippen LogP contribution is 2.26. The molecular weight excluding hydrogens is 458 g/mol. The number of carbonyl (C=O) groups is 1. The molecule has 2 heterocycles. The Kier molecular flexibility index (Phi) is 7.32. The van der Waals surface area contributed by atoms with Crippen molar-refractivity contribution in [3.8, 4) is 11.5 Å². The second kappa shape index (κ2) is 10.4. The number of hydrogen-bond acceptors (Lipinski definition) is 6. The Morgan fingerprint density at radius 3 is 2.30 bits per heavy atom. The third kappa shape index (κ3) is 5.93. The van der Waals surface area contributed by atoms with Gasteiger partial charge in [-0.25, -0.2) is 13.4 Å². The number of carbonyl (C=O) groups excluding carboxylic acids is 1. The molecule has 0 aliphatic carbocycles. The van der Waals surface area contributed by atoms with E-state index in [9.17, 15) is 13.2 Å². The number of para-hydroxylation sites is 1. The Labute approximate surface area is 198 Å². The topological polar surface area (TPSA) is 88.6 Å². The molecule has 1 aromatic heterocycles. The number of amides is 1. The van der Waals surface area contributed by atoms with Gasteiger partial charge in [-0.2, -0.15) is 4.31 Å². The van der Waals surface area contributed by atoms with E-state index in [0.29, 0.717) is 29.6 Å². The number of nitrogens with zero attached hydrogens (tertiary/aromatic N) is 2. The molecule has 0 unspecified atom stereocenters. The van der Waals surface area contributed by atoms with E-state index in [-0.39, 0.29) is 10.8 Å². The van der Waals surface area contributed by atoms with Crippen LogP contribution in [0.3, 0.4) is 0 Å². The van der Waals surface area contributed by atoms with Crippen LogP contribution in [0.4, 0.5) is 5.69 Å². The number of ether oxygens (including phenoxy) is 1. The average Bonchev–Trinajstić information content (AvgIpc) is 3.37. The lowest BCUT2D eigenvalue weighted by molar-refractivity contribution is -0.115. The van der Waals surface area contributed by atoms with Crippen molar-refractivity contribution in [1.29, 1.82) is 0 Å². The molecule has 1 saturated heterocycles. The third-order valence-electron chi connectivity index (χ3n) is 5.18. The fourth-order valence-corrected chi connectivity index (χ4v) is 5.63. The number of anilines is 1. The minimum Gasteiger partial charge on any atom is -0.457 e. The molecule has 4 rings (SSSR count). The van der Waals surface area contributed by atoms with E-state index in [1.165, 1.54) is 22.3 Å². The number of benzene rings is 2. The van der Waals surface area contributed by atoms with Gasteiger partial charge in [-0.1, -0.05) is 30.0 Å². The summed E-state index contributed by atoms with van der Waals surface area (Å²) < 4.78 is 32.5. The number of nitrogens with one attached hydrogen (secondary N) is 1. The Morgan fingerprint density at radius 2 is 1.67 bits per heavy atom. The highest BCUT2D eigenvalue weighted by Gasteiger charge is 2.27. The predicted octanol–water partition coefficient (Wildman–Crippen LogP) is 4.78. The quantitative estimate of drug-likeness (QED) is 0.464. The van der Waals surface area contributed by atoms with Crippen LogP contribution in [0.2, 0.25) is 0 Å². The molecule has 0 saturated carbocycles. The number of aromatic nitrogens is 1. The molecule has 0 spiro atoms. The van der Waals surface area contributed by atoms with Crippen molar-refractivity contribution in [2.75, 3.05) is 18.4 Å². The molecule has 0 radical (unpaired) electrons.